The predicted molar refractivity (Wildman–Crippen MR) is 66.8 cm³/mol. The molecule has 1 aromatic rings. The Labute approximate surface area is 106 Å². The molecule has 1 aliphatic rings. The molecule has 1 aliphatic heterocycles. The number of pyridine rings is 1. The number of aromatic nitrogens is 1. The second-order valence-electron chi connectivity index (χ2n) is 4.92. The van der Waals surface area contributed by atoms with Gasteiger partial charge in [-0.3, -0.25) is 9.69 Å². The van der Waals surface area contributed by atoms with Gasteiger partial charge in [-0.1, -0.05) is 6.07 Å². The number of nitrogens with zero attached hydrogens (tertiary/aromatic N) is 3. The predicted octanol–water partition coefficient (Wildman–Crippen LogP) is 1.39. The zero-order chi connectivity index (χ0) is 13.3. The smallest absolute Gasteiger partial charge is 0.272 e. The summed E-state index contributed by atoms with van der Waals surface area (Å²) in [7, 11) is 2.05. The lowest BCUT2D eigenvalue weighted by Crippen LogP contribution is -2.56. The zero-order valence-corrected chi connectivity index (χ0v) is 10.9. The molecule has 2 atom stereocenters. The van der Waals surface area contributed by atoms with Gasteiger partial charge in [0, 0.05) is 25.2 Å². The Morgan fingerprint density at radius 2 is 1.94 bits per heavy atom. The van der Waals surface area contributed by atoms with Gasteiger partial charge in [-0.05, 0) is 33.0 Å². The second kappa shape index (κ2) is 5.02. The van der Waals surface area contributed by atoms with Crippen molar-refractivity contribution >= 4 is 5.91 Å². The van der Waals surface area contributed by atoms with E-state index in [4.69, 9.17) is 0 Å². The summed E-state index contributed by atoms with van der Waals surface area (Å²) in [6.07, 6.45) is 0. The highest BCUT2D eigenvalue weighted by atomic mass is 19.1. The van der Waals surface area contributed by atoms with Gasteiger partial charge in [0.25, 0.3) is 5.91 Å². The van der Waals surface area contributed by atoms with Crippen LogP contribution >= 0.6 is 0 Å². The van der Waals surface area contributed by atoms with Crippen molar-refractivity contribution in [3.05, 3.63) is 29.8 Å². The number of likely N-dealkylation sites (N-methyl/N-ethyl adjacent to an activating group) is 1. The molecule has 0 spiro atoms. The normalized spacial score (nSPS) is 25.2. The van der Waals surface area contributed by atoms with Crippen LogP contribution in [0.2, 0.25) is 0 Å². The molecule has 1 fully saturated rings. The molecule has 1 aromatic heterocycles. The van der Waals surface area contributed by atoms with Crippen LogP contribution in [0.5, 0.6) is 0 Å². The van der Waals surface area contributed by atoms with Crippen LogP contribution < -0.4 is 0 Å². The van der Waals surface area contributed by atoms with Crippen molar-refractivity contribution in [2.24, 2.45) is 0 Å². The SMILES string of the molecule is CC1CN(C(=O)c2cccc(F)n2)CC(C)N1C. The summed E-state index contributed by atoms with van der Waals surface area (Å²) >= 11 is 0. The number of amides is 1. The van der Waals surface area contributed by atoms with E-state index >= 15 is 0 Å². The summed E-state index contributed by atoms with van der Waals surface area (Å²) in [6.45, 7) is 5.46. The molecule has 2 heterocycles. The van der Waals surface area contributed by atoms with Crippen molar-refractivity contribution < 1.29 is 9.18 Å². The van der Waals surface area contributed by atoms with Crippen molar-refractivity contribution in [1.82, 2.24) is 14.8 Å². The summed E-state index contributed by atoms with van der Waals surface area (Å²) in [5.74, 6) is -0.808. The van der Waals surface area contributed by atoms with Crippen LogP contribution in [-0.2, 0) is 0 Å². The highest BCUT2D eigenvalue weighted by Crippen LogP contribution is 2.15. The Balaban J connectivity index is 2.15. The van der Waals surface area contributed by atoms with Crippen molar-refractivity contribution in [3.8, 4) is 0 Å². The van der Waals surface area contributed by atoms with E-state index in [0.717, 1.165) is 0 Å². The third kappa shape index (κ3) is 2.51. The fourth-order valence-corrected chi connectivity index (χ4v) is 2.26. The minimum atomic E-state index is -0.615. The molecule has 0 radical (unpaired) electrons. The number of hydrogen-bond donors (Lipinski definition) is 0. The Bertz CT molecular complexity index is 440. The molecule has 18 heavy (non-hydrogen) atoms. The minimum absolute atomic E-state index is 0.180. The van der Waals surface area contributed by atoms with Gasteiger partial charge < -0.3 is 4.90 Å². The van der Waals surface area contributed by atoms with Crippen LogP contribution in [0, 0.1) is 5.95 Å². The summed E-state index contributed by atoms with van der Waals surface area (Å²) < 4.78 is 13.0. The first-order valence-electron chi connectivity index (χ1n) is 6.13. The number of piperazine rings is 1. The van der Waals surface area contributed by atoms with Gasteiger partial charge >= 0.3 is 0 Å². The van der Waals surface area contributed by atoms with Crippen molar-refractivity contribution in [3.63, 3.8) is 0 Å². The number of hydrogen-bond acceptors (Lipinski definition) is 3. The summed E-state index contributed by atoms with van der Waals surface area (Å²) in [5, 5.41) is 0. The molecule has 0 saturated carbocycles. The number of rotatable bonds is 1. The first-order chi connectivity index (χ1) is 8.49. The molecule has 0 aliphatic carbocycles. The van der Waals surface area contributed by atoms with Gasteiger partial charge in [0.15, 0.2) is 0 Å². The fraction of sp³-hybridized carbons (Fsp3) is 0.538. The maximum atomic E-state index is 13.0. The Morgan fingerprint density at radius 1 is 1.33 bits per heavy atom. The van der Waals surface area contributed by atoms with E-state index in [1.807, 2.05) is 0 Å². The Morgan fingerprint density at radius 3 is 2.50 bits per heavy atom. The lowest BCUT2D eigenvalue weighted by atomic mass is 10.1. The first-order valence-corrected chi connectivity index (χ1v) is 6.13. The zero-order valence-electron chi connectivity index (χ0n) is 10.9. The molecular formula is C13H18FN3O. The lowest BCUT2D eigenvalue weighted by molar-refractivity contribution is 0.0408. The summed E-state index contributed by atoms with van der Waals surface area (Å²) in [5.41, 5.74) is 0.180. The van der Waals surface area contributed by atoms with Crippen LogP contribution in [0.15, 0.2) is 18.2 Å². The van der Waals surface area contributed by atoms with Gasteiger partial charge in [-0.25, -0.2) is 4.98 Å². The summed E-state index contributed by atoms with van der Waals surface area (Å²) in [6, 6.07) is 4.90. The third-order valence-electron chi connectivity index (χ3n) is 3.58. The van der Waals surface area contributed by atoms with Gasteiger partial charge in [0.05, 0.1) is 0 Å². The molecule has 2 unspecified atom stereocenters. The Hall–Kier alpha value is -1.49. The minimum Gasteiger partial charge on any atom is -0.334 e. The molecule has 1 amide bonds. The maximum Gasteiger partial charge on any atom is 0.272 e. The van der Waals surface area contributed by atoms with E-state index in [9.17, 15) is 9.18 Å². The molecule has 1 saturated heterocycles. The molecule has 0 N–H and O–H groups in total. The van der Waals surface area contributed by atoms with E-state index in [2.05, 4.69) is 30.8 Å². The van der Waals surface area contributed by atoms with Crippen molar-refractivity contribution in [2.45, 2.75) is 25.9 Å². The van der Waals surface area contributed by atoms with Crippen molar-refractivity contribution in [2.75, 3.05) is 20.1 Å². The van der Waals surface area contributed by atoms with Gasteiger partial charge in [0.1, 0.15) is 5.69 Å². The molecule has 4 nitrogen and oxygen atoms in total. The van der Waals surface area contributed by atoms with Gasteiger partial charge in [0.2, 0.25) is 5.95 Å². The van der Waals surface area contributed by atoms with E-state index in [1.54, 1.807) is 11.0 Å². The van der Waals surface area contributed by atoms with Crippen LogP contribution in [-0.4, -0.2) is 52.9 Å². The highest BCUT2D eigenvalue weighted by Gasteiger charge is 2.30. The maximum absolute atomic E-state index is 13.0. The third-order valence-corrected chi connectivity index (χ3v) is 3.58. The number of carbonyl (C=O) groups excluding carboxylic acids is 1. The van der Waals surface area contributed by atoms with Crippen LogP contribution in [0.3, 0.4) is 0 Å². The quantitative estimate of drug-likeness (QED) is 0.708. The second-order valence-corrected chi connectivity index (χ2v) is 4.92. The molecule has 5 heteroatoms. The topological polar surface area (TPSA) is 36.4 Å². The van der Waals surface area contributed by atoms with Crippen LogP contribution in [0.25, 0.3) is 0 Å². The van der Waals surface area contributed by atoms with Crippen LogP contribution in [0.1, 0.15) is 24.3 Å². The molecule has 2 rings (SSSR count). The van der Waals surface area contributed by atoms with E-state index < -0.39 is 5.95 Å². The largest absolute Gasteiger partial charge is 0.334 e. The van der Waals surface area contributed by atoms with E-state index in [-0.39, 0.29) is 11.6 Å². The standard InChI is InChI=1S/C13H18FN3O/c1-9-7-17(8-10(2)16(9)3)13(18)11-5-4-6-12(14)15-11/h4-6,9-10H,7-8H2,1-3H3. The number of carbonyl (C=O) groups is 1. The molecular weight excluding hydrogens is 233 g/mol. The summed E-state index contributed by atoms with van der Waals surface area (Å²) in [4.78, 5) is 19.9. The fourth-order valence-electron chi connectivity index (χ4n) is 2.26. The monoisotopic (exact) mass is 251 g/mol. The van der Waals surface area contributed by atoms with Gasteiger partial charge in [-0.15, -0.1) is 0 Å². The lowest BCUT2D eigenvalue weighted by Gasteiger charge is -2.42. The average molecular weight is 251 g/mol. The number of halogens is 1. The Kier molecular flexibility index (Phi) is 3.61. The highest BCUT2D eigenvalue weighted by molar-refractivity contribution is 5.92. The van der Waals surface area contributed by atoms with Crippen molar-refractivity contribution in [1.29, 1.82) is 0 Å². The van der Waals surface area contributed by atoms with Gasteiger partial charge in [-0.2, -0.15) is 4.39 Å². The average Bonchev–Trinajstić information content (AvgIpc) is 2.34. The van der Waals surface area contributed by atoms with E-state index in [0.29, 0.717) is 25.2 Å². The van der Waals surface area contributed by atoms with Crippen LogP contribution in [0.4, 0.5) is 4.39 Å². The molecule has 0 aromatic carbocycles. The van der Waals surface area contributed by atoms with E-state index in [1.165, 1.54) is 12.1 Å². The molecule has 0 bridgehead atoms. The molecule has 98 valence electrons. The first kappa shape index (κ1) is 13.0.